The van der Waals surface area contributed by atoms with Gasteiger partial charge in [0, 0.05) is 11.9 Å². The number of amides is 1. The highest BCUT2D eigenvalue weighted by Crippen LogP contribution is 2.43. The van der Waals surface area contributed by atoms with Gasteiger partial charge in [-0.05, 0) is 25.3 Å². The van der Waals surface area contributed by atoms with Crippen molar-refractivity contribution >= 4 is 6.09 Å². The second-order valence-electron chi connectivity index (χ2n) is 5.18. The van der Waals surface area contributed by atoms with Crippen LogP contribution in [0.25, 0.3) is 0 Å². The van der Waals surface area contributed by atoms with E-state index in [0.29, 0.717) is 0 Å². The van der Waals surface area contributed by atoms with Crippen LogP contribution in [0.4, 0.5) is 4.79 Å². The number of hydrogen-bond donors (Lipinski definition) is 2. The Kier molecular flexibility index (Phi) is 3.18. The molecule has 0 saturated heterocycles. The number of nitrogens with one attached hydrogen (secondary N) is 2. The summed E-state index contributed by atoms with van der Waals surface area (Å²) < 4.78 is 5.24. The minimum Gasteiger partial charge on any atom is -0.445 e. The number of benzene rings is 1. The zero-order valence-corrected chi connectivity index (χ0v) is 11.3. The molecule has 0 aliphatic heterocycles. The summed E-state index contributed by atoms with van der Waals surface area (Å²) in [4.78, 5) is 19.3. The lowest BCUT2D eigenvalue weighted by Crippen LogP contribution is -2.36. The van der Waals surface area contributed by atoms with Gasteiger partial charge in [0.05, 0.1) is 0 Å². The number of carbonyl (C=O) groups is 1. The maximum Gasteiger partial charge on any atom is 0.408 e. The summed E-state index contributed by atoms with van der Waals surface area (Å²) in [5.74, 6) is 0.812. The average Bonchev–Trinajstić information content (AvgIpc) is 3.10. The minimum absolute atomic E-state index is 0.278. The summed E-state index contributed by atoms with van der Waals surface area (Å²) in [7, 11) is 0. The zero-order valence-electron chi connectivity index (χ0n) is 11.3. The van der Waals surface area contributed by atoms with Crippen molar-refractivity contribution in [1.29, 1.82) is 0 Å². The first-order valence-corrected chi connectivity index (χ1v) is 6.69. The summed E-state index contributed by atoms with van der Waals surface area (Å²) in [5, 5.41) is 2.91. The number of rotatable bonds is 4. The highest BCUT2D eigenvalue weighted by Gasteiger charge is 2.48. The van der Waals surface area contributed by atoms with Crippen molar-refractivity contribution in [2.75, 3.05) is 0 Å². The van der Waals surface area contributed by atoms with Crippen molar-refractivity contribution in [3.05, 3.63) is 53.6 Å². The van der Waals surface area contributed by atoms with E-state index >= 15 is 0 Å². The first-order chi connectivity index (χ1) is 9.68. The van der Waals surface area contributed by atoms with E-state index in [9.17, 15) is 4.79 Å². The standard InChI is InChI=1S/C15H17N3O2/c1-11-9-16-13(17-11)15(7-8-15)18-14(19)20-10-12-5-3-2-4-6-12/h2-6,9H,7-8,10H2,1H3,(H,16,17)(H,18,19). The van der Waals surface area contributed by atoms with E-state index < -0.39 is 6.09 Å². The van der Waals surface area contributed by atoms with Gasteiger partial charge in [-0.3, -0.25) is 0 Å². The molecular formula is C15H17N3O2. The van der Waals surface area contributed by atoms with Gasteiger partial charge >= 0.3 is 6.09 Å². The zero-order chi connectivity index (χ0) is 14.0. The summed E-state index contributed by atoms with van der Waals surface area (Å²) in [6.45, 7) is 2.22. The van der Waals surface area contributed by atoms with E-state index in [1.54, 1.807) is 6.20 Å². The Morgan fingerprint density at radius 1 is 1.40 bits per heavy atom. The SMILES string of the molecule is Cc1cnc(C2(NC(=O)OCc3ccccc3)CC2)[nH]1. The summed E-state index contributed by atoms with van der Waals surface area (Å²) in [6.07, 6.45) is 3.15. The molecule has 5 nitrogen and oxygen atoms in total. The molecule has 2 aromatic rings. The number of hydrogen-bond acceptors (Lipinski definition) is 3. The molecule has 5 heteroatoms. The molecular weight excluding hydrogens is 254 g/mol. The van der Waals surface area contributed by atoms with Gasteiger partial charge in [0.15, 0.2) is 0 Å². The lowest BCUT2D eigenvalue weighted by atomic mass is 10.2. The van der Waals surface area contributed by atoms with Crippen LogP contribution >= 0.6 is 0 Å². The van der Waals surface area contributed by atoms with Crippen LogP contribution < -0.4 is 5.32 Å². The number of nitrogens with zero attached hydrogens (tertiary/aromatic N) is 1. The second-order valence-corrected chi connectivity index (χ2v) is 5.18. The minimum atomic E-state index is -0.402. The van der Waals surface area contributed by atoms with Gasteiger partial charge in [-0.15, -0.1) is 0 Å². The van der Waals surface area contributed by atoms with Crippen LogP contribution in [0.1, 0.15) is 29.9 Å². The Balaban J connectivity index is 1.57. The van der Waals surface area contributed by atoms with Crippen molar-refractivity contribution < 1.29 is 9.53 Å². The molecule has 0 radical (unpaired) electrons. The average molecular weight is 271 g/mol. The molecule has 104 valence electrons. The molecule has 0 atom stereocenters. The van der Waals surface area contributed by atoms with Crippen LogP contribution in [0.2, 0.25) is 0 Å². The van der Waals surface area contributed by atoms with E-state index in [1.807, 2.05) is 37.3 Å². The highest BCUT2D eigenvalue weighted by molar-refractivity contribution is 5.69. The van der Waals surface area contributed by atoms with Crippen molar-refractivity contribution in [2.45, 2.75) is 31.9 Å². The van der Waals surface area contributed by atoms with Crippen molar-refractivity contribution in [3.8, 4) is 0 Å². The molecule has 0 spiro atoms. The van der Waals surface area contributed by atoms with Crippen molar-refractivity contribution in [1.82, 2.24) is 15.3 Å². The normalized spacial score (nSPS) is 15.7. The van der Waals surface area contributed by atoms with Gasteiger partial charge in [0.25, 0.3) is 0 Å². The molecule has 0 bridgehead atoms. The van der Waals surface area contributed by atoms with Gasteiger partial charge in [-0.1, -0.05) is 30.3 Å². The van der Waals surface area contributed by atoms with Crippen LogP contribution in [0.3, 0.4) is 0 Å². The van der Waals surface area contributed by atoms with E-state index in [4.69, 9.17) is 4.74 Å². The highest BCUT2D eigenvalue weighted by atomic mass is 16.5. The summed E-state index contributed by atoms with van der Waals surface area (Å²) in [5.41, 5.74) is 1.61. The molecule has 2 N–H and O–H groups in total. The van der Waals surface area contributed by atoms with Gasteiger partial charge < -0.3 is 15.0 Å². The Hall–Kier alpha value is -2.30. The van der Waals surface area contributed by atoms with Crippen LogP contribution in [0.15, 0.2) is 36.5 Å². The number of carbonyl (C=O) groups excluding carboxylic acids is 1. The number of alkyl carbamates (subject to hydrolysis) is 1. The van der Waals surface area contributed by atoms with E-state index in [1.165, 1.54) is 0 Å². The van der Waals surface area contributed by atoms with Gasteiger partial charge in [-0.25, -0.2) is 9.78 Å². The fourth-order valence-corrected chi connectivity index (χ4v) is 2.16. The maximum absolute atomic E-state index is 11.9. The molecule has 1 aliphatic carbocycles. The van der Waals surface area contributed by atoms with E-state index in [-0.39, 0.29) is 12.1 Å². The molecule has 1 aromatic heterocycles. The Labute approximate surface area is 117 Å². The number of ether oxygens (including phenoxy) is 1. The summed E-state index contributed by atoms with van der Waals surface area (Å²) in [6, 6.07) is 9.63. The monoisotopic (exact) mass is 271 g/mol. The molecule has 0 unspecified atom stereocenters. The number of aromatic nitrogens is 2. The first-order valence-electron chi connectivity index (χ1n) is 6.69. The smallest absolute Gasteiger partial charge is 0.408 e. The van der Waals surface area contributed by atoms with Gasteiger partial charge in [-0.2, -0.15) is 0 Å². The largest absolute Gasteiger partial charge is 0.445 e. The molecule has 1 aliphatic rings. The second kappa shape index (κ2) is 5.00. The lowest BCUT2D eigenvalue weighted by molar-refractivity contribution is 0.133. The predicted molar refractivity (Wildman–Crippen MR) is 74.0 cm³/mol. The Morgan fingerprint density at radius 3 is 2.75 bits per heavy atom. The lowest BCUT2D eigenvalue weighted by Gasteiger charge is -2.15. The van der Waals surface area contributed by atoms with Crippen LogP contribution in [0.5, 0.6) is 0 Å². The summed E-state index contributed by atoms with van der Waals surface area (Å²) >= 11 is 0. The van der Waals surface area contributed by atoms with E-state index in [2.05, 4.69) is 15.3 Å². The quantitative estimate of drug-likeness (QED) is 0.898. The Morgan fingerprint density at radius 2 is 2.15 bits per heavy atom. The topological polar surface area (TPSA) is 67.0 Å². The van der Waals surface area contributed by atoms with Crippen molar-refractivity contribution in [3.63, 3.8) is 0 Å². The molecule has 1 amide bonds. The third-order valence-corrected chi connectivity index (χ3v) is 3.46. The van der Waals surface area contributed by atoms with E-state index in [0.717, 1.165) is 29.9 Å². The third-order valence-electron chi connectivity index (χ3n) is 3.46. The number of imidazole rings is 1. The molecule has 1 aromatic carbocycles. The van der Waals surface area contributed by atoms with Crippen LogP contribution in [-0.2, 0) is 16.9 Å². The molecule has 3 rings (SSSR count). The molecule has 1 heterocycles. The maximum atomic E-state index is 11.9. The van der Waals surface area contributed by atoms with Crippen molar-refractivity contribution in [2.24, 2.45) is 0 Å². The van der Waals surface area contributed by atoms with Crippen LogP contribution in [-0.4, -0.2) is 16.1 Å². The predicted octanol–water partition coefficient (Wildman–Crippen LogP) is 2.63. The fourth-order valence-electron chi connectivity index (χ4n) is 2.16. The van der Waals surface area contributed by atoms with Crippen LogP contribution in [0, 0.1) is 6.92 Å². The fraction of sp³-hybridized carbons (Fsp3) is 0.333. The van der Waals surface area contributed by atoms with Gasteiger partial charge in [0.2, 0.25) is 0 Å². The number of H-pyrrole nitrogens is 1. The number of aromatic amines is 1. The third kappa shape index (κ3) is 2.66. The first kappa shape index (κ1) is 12.7. The molecule has 1 fully saturated rings. The Bertz CT molecular complexity index is 603. The van der Waals surface area contributed by atoms with Gasteiger partial charge in [0.1, 0.15) is 18.0 Å². The number of aryl methyl sites for hydroxylation is 1. The molecule has 1 saturated carbocycles. The molecule has 20 heavy (non-hydrogen) atoms.